The van der Waals surface area contributed by atoms with E-state index >= 15 is 0 Å². The van der Waals surface area contributed by atoms with E-state index in [1.54, 1.807) is 0 Å². The molecule has 96 valence electrons. The molecule has 4 nitrogen and oxygen atoms in total. The average molecular weight is 248 g/mol. The lowest BCUT2D eigenvalue weighted by Gasteiger charge is -2.34. The first-order valence-corrected chi connectivity index (χ1v) is 6.52. The Morgan fingerprint density at radius 2 is 2.17 bits per heavy atom. The summed E-state index contributed by atoms with van der Waals surface area (Å²) in [5, 5.41) is 10.0. The maximum absolute atomic E-state index is 11.7. The van der Waals surface area contributed by atoms with Crippen LogP contribution in [0.4, 0.5) is 0 Å². The molecule has 0 spiro atoms. The van der Waals surface area contributed by atoms with Crippen molar-refractivity contribution in [2.24, 2.45) is 11.8 Å². The van der Waals surface area contributed by atoms with Gasteiger partial charge in [0.15, 0.2) is 0 Å². The zero-order valence-electron chi connectivity index (χ0n) is 10.3. The summed E-state index contributed by atoms with van der Waals surface area (Å²) in [6.45, 7) is 5.96. The largest absolute Gasteiger partial charge is 0.458 e. The Labute approximate surface area is 105 Å². The van der Waals surface area contributed by atoms with Crippen LogP contribution in [0.25, 0.3) is 0 Å². The van der Waals surface area contributed by atoms with Crippen molar-refractivity contribution in [2.75, 3.05) is 0 Å². The van der Waals surface area contributed by atoms with Crippen molar-refractivity contribution in [1.82, 2.24) is 0 Å². The Bertz CT molecular complexity index is 492. The highest BCUT2D eigenvalue weighted by atomic mass is 16.6. The molecule has 0 aromatic rings. The molecule has 18 heavy (non-hydrogen) atoms. The molecule has 1 N–H and O–H groups in total. The van der Waals surface area contributed by atoms with Crippen molar-refractivity contribution in [2.45, 2.75) is 44.2 Å². The Morgan fingerprint density at radius 1 is 1.39 bits per heavy atom. The number of rotatable bonds is 0. The minimum Gasteiger partial charge on any atom is -0.458 e. The first kappa shape index (κ1) is 10.8. The smallest absolute Gasteiger partial charge is 0.334 e. The number of aliphatic hydroxyl groups excluding tert-OH is 1. The van der Waals surface area contributed by atoms with Crippen molar-refractivity contribution < 1.29 is 19.4 Å². The van der Waals surface area contributed by atoms with E-state index in [-0.39, 0.29) is 36.1 Å². The maximum Gasteiger partial charge on any atom is 0.334 e. The fraction of sp³-hybridized carbons (Fsp3) is 0.643. The number of carbonyl (C=O) groups excluding carboxylic acids is 1. The minimum atomic E-state index is -0.425. The number of hydrogen-bond donors (Lipinski definition) is 1. The van der Waals surface area contributed by atoms with E-state index in [4.69, 9.17) is 9.47 Å². The molecule has 6 atom stereocenters. The lowest BCUT2D eigenvalue weighted by atomic mass is 9.85. The van der Waals surface area contributed by atoms with E-state index in [0.717, 1.165) is 12.8 Å². The standard InChI is InChI=1S/C14H16O4/c1-5-3-4-7-6(2)14(16)18-11(7)9-8(5)12-10(15)13(9)17-12/h7,9-13,15H,2-4H2,1H3/t7-,9-,10-,11+,12-,13+/m0/s1. The quantitative estimate of drug-likeness (QED) is 0.394. The number of allylic oxidation sites excluding steroid dienone is 1. The molecule has 4 fully saturated rings. The van der Waals surface area contributed by atoms with E-state index in [1.807, 2.05) is 0 Å². The van der Waals surface area contributed by atoms with Crippen LogP contribution in [0.15, 0.2) is 23.3 Å². The van der Waals surface area contributed by atoms with Gasteiger partial charge in [-0.15, -0.1) is 0 Å². The second-order valence-corrected chi connectivity index (χ2v) is 5.81. The highest BCUT2D eigenvalue weighted by molar-refractivity contribution is 5.91. The van der Waals surface area contributed by atoms with Crippen LogP contribution in [0.1, 0.15) is 19.8 Å². The summed E-state index contributed by atoms with van der Waals surface area (Å²) in [7, 11) is 0. The molecule has 3 saturated heterocycles. The summed E-state index contributed by atoms with van der Waals surface area (Å²) in [5.74, 6) is -0.145. The van der Waals surface area contributed by atoms with E-state index in [9.17, 15) is 9.90 Å². The van der Waals surface area contributed by atoms with E-state index in [0.29, 0.717) is 5.57 Å². The molecular formula is C14H16O4. The van der Waals surface area contributed by atoms with Crippen molar-refractivity contribution in [1.29, 1.82) is 0 Å². The molecule has 3 aliphatic heterocycles. The Morgan fingerprint density at radius 3 is 2.89 bits per heavy atom. The Balaban J connectivity index is 1.80. The average Bonchev–Trinajstić information content (AvgIpc) is 2.93. The Hall–Kier alpha value is -1.13. The topological polar surface area (TPSA) is 55.8 Å². The number of aliphatic hydroxyl groups is 1. The third-order valence-corrected chi connectivity index (χ3v) is 5.00. The van der Waals surface area contributed by atoms with Crippen LogP contribution < -0.4 is 0 Å². The van der Waals surface area contributed by atoms with Crippen LogP contribution in [0.2, 0.25) is 0 Å². The second kappa shape index (κ2) is 3.25. The van der Waals surface area contributed by atoms with Crippen LogP contribution in [0.3, 0.4) is 0 Å². The lowest BCUT2D eigenvalue weighted by molar-refractivity contribution is -0.188. The summed E-state index contributed by atoms with van der Waals surface area (Å²) in [5.41, 5.74) is 3.07. The fourth-order valence-electron chi connectivity index (χ4n) is 4.03. The predicted molar refractivity (Wildman–Crippen MR) is 62.6 cm³/mol. The van der Waals surface area contributed by atoms with Crippen LogP contribution in [-0.2, 0) is 14.3 Å². The molecule has 0 aromatic heterocycles. The van der Waals surface area contributed by atoms with Crippen LogP contribution in [0.5, 0.6) is 0 Å². The number of hydrogen-bond acceptors (Lipinski definition) is 4. The maximum atomic E-state index is 11.7. The summed E-state index contributed by atoms with van der Waals surface area (Å²) in [4.78, 5) is 11.7. The SMILES string of the molecule is C=C1C(=O)O[C@H]2[C@@H]3C(=C(C)CC[C@@H]12)[C@@H]1O[C@H]3[C@H]1O. The zero-order valence-corrected chi connectivity index (χ0v) is 10.3. The molecule has 0 amide bonds. The van der Waals surface area contributed by atoms with Crippen molar-refractivity contribution >= 4 is 5.97 Å². The molecule has 5 rings (SSSR count). The van der Waals surface area contributed by atoms with Crippen molar-refractivity contribution in [3.05, 3.63) is 23.3 Å². The van der Waals surface area contributed by atoms with Gasteiger partial charge in [0.2, 0.25) is 0 Å². The molecule has 4 heteroatoms. The van der Waals surface area contributed by atoms with Gasteiger partial charge in [0, 0.05) is 17.4 Å². The number of carbonyl (C=O) groups is 1. The number of fused-ring (bicyclic) bond motifs is 1. The zero-order chi connectivity index (χ0) is 12.6. The molecule has 1 saturated carbocycles. The summed E-state index contributed by atoms with van der Waals surface area (Å²) in [6, 6.07) is 0. The molecule has 0 radical (unpaired) electrons. The summed E-state index contributed by atoms with van der Waals surface area (Å²) < 4.78 is 11.2. The molecule has 2 aliphatic carbocycles. The van der Waals surface area contributed by atoms with Gasteiger partial charge in [-0.25, -0.2) is 4.79 Å². The molecular weight excluding hydrogens is 232 g/mol. The first-order valence-electron chi connectivity index (χ1n) is 6.52. The molecule has 5 aliphatic rings. The van der Waals surface area contributed by atoms with Gasteiger partial charge in [0.1, 0.15) is 18.3 Å². The highest BCUT2D eigenvalue weighted by Gasteiger charge is 2.64. The first-order chi connectivity index (χ1) is 8.59. The van der Waals surface area contributed by atoms with Gasteiger partial charge in [0.05, 0.1) is 6.10 Å². The van der Waals surface area contributed by atoms with Gasteiger partial charge >= 0.3 is 5.97 Å². The number of esters is 1. The van der Waals surface area contributed by atoms with E-state index in [2.05, 4.69) is 13.5 Å². The number of ether oxygens (including phenoxy) is 2. The van der Waals surface area contributed by atoms with E-state index in [1.165, 1.54) is 11.1 Å². The third-order valence-electron chi connectivity index (χ3n) is 5.00. The second-order valence-electron chi connectivity index (χ2n) is 5.81. The van der Waals surface area contributed by atoms with Gasteiger partial charge in [-0.2, -0.15) is 0 Å². The van der Waals surface area contributed by atoms with Gasteiger partial charge in [-0.1, -0.05) is 12.2 Å². The van der Waals surface area contributed by atoms with E-state index < -0.39 is 6.10 Å². The van der Waals surface area contributed by atoms with Crippen molar-refractivity contribution in [3.63, 3.8) is 0 Å². The molecule has 0 aromatic carbocycles. The van der Waals surface area contributed by atoms with Gasteiger partial charge in [-0.3, -0.25) is 0 Å². The fourth-order valence-corrected chi connectivity index (χ4v) is 4.03. The van der Waals surface area contributed by atoms with Gasteiger partial charge < -0.3 is 14.6 Å². The molecule has 2 bridgehead atoms. The van der Waals surface area contributed by atoms with Gasteiger partial charge in [-0.05, 0) is 25.3 Å². The predicted octanol–water partition coefficient (Wildman–Crippen LogP) is 0.953. The highest BCUT2D eigenvalue weighted by Crippen LogP contribution is 2.55. The normalized spacial score (nSPS) is 49.4. The lowest BCUT2D eigenvalue weighted by Crippen LogP contribution is -2.48. The Kier molecular flexibility index (Phi) is 1.94. The monoisotopic (exact) mass is 248 g/mol. The summed E-state index contributed by atoms with van der Waals surface area (Å²) >= 11 is 0. The minimum absolute atomic E-state index is 0.0423. The van der Waals surface area contributed by atoms with Gasteiger partial charge in [0.25, 0.3) is 0 Å². The molecule has 0 unspecified atom stereocenters. The van der Waals surface area contributed by atoms with Crippen LogP contribution >= 0.6 is 0 Å². The molecule has 3 heterocycles. The van der Waals surface area contributed by atoms with Crippen LogP contribution in [-0.4, -0.2) is 35.5 Å². The van der Waals surface area contributed by atoms with Crippen molar-refractivity contribution in [3.8, 4) is 0 Å². The van der Waals surface area contributed by atoms with Crippen LogP contribution in [0, 0.1) is 11.8 Å². The third kappa shape index (κ3) is 1.06. The summed E-state index contributed by atoms with van der Waals surface area (Å²) in [6.07, 6.45) is 0.893.